The Balaban J connectivity index is 2.35. The second-order valence-electron chi connectivity index (χ2n) is 4.02. The van der Waals surface area contributed by atoms with Crippen LogP contribution in [0.25, 0.3) is 0 Å². The third-order valence-corrected chi connectivity index (χ3v) is 2.90. The summed E-state index contributed by atoms with van der Waals surface area (Å²) in [7, 11) is 0. The van der Waals surface area contributed by atoms with Gasteiger partial charge in [-0.05, 0) is 49.3 Å². The maximum Gasteiger partial charge on any atom is 0.0266 e. The van der Waals surface area contributed by atoms with Gasteiger partial charge in [-0.15, -0.1) is 0 Å². The summed E-state index contributed by atoms with van der Waals surface area (Å²) in [5, 5.41) is 0. The largest absolute Gasteiger partial charge is 0.324 e. The zero-order valence-electron chi connectivity index (χ0n) is 8.22. The van der Waals surface area contributed by atoms with Gasteiger partial charge in [0.15, 0.2) is 0 Å². The fourth-order valence-corrected chi connectivity index (χ4v) is 2.04. The SMILES string of the molecule is CC(N)c1ccc2c(c1)CCCC2. The second-order valence-corrected chi connectivity index (χ2v) is 4.02. The number of aryl methyl sites for hydroxylation is 2. The van der Waals surface area contributed by atoms with Crippen molar-refractivity contribution in [2.75, 3.05) is 0 Å². The first-order valence-corrected chi connectivity index (χ1v) is 5.14. The van der Waals surface area contributed by atoms with Gasteiger partial charge < -0.3 is 5.73 Å². The van der Waals surface area contributed by atoms with Gasteiger partial charge >= 0.3 is 0 Å². The molecular weight excluding hydrogens is 158 g/mol. The highest BCUT2D eigenvalue weighted by Gasteiger charge is 2.10. The van der Waals surface area contributed by atoms with Crippen LogP contribution in [0.15, 0.2) is 18.2 Å². The highest BCUT2D eigenvalue weighted by Crippen LogP contribution is 2.23. The minimum absolute atomic E-state index is 0.173. The van der Waals surface area contributed by atoms with E-state index in [2.05, 4.69) is 18.2 Å². The summed E-state index contributed by atoms with van der Waals surface area (Å²) in [6.45, 7) is 2.05. The molecule has 70 valence electrons. The normalized spacial score (nSPS) is 18.0. The third-order valence-electron chi connectivity index (χ3n) is 2.90. The van der Waals surface area contributed by atoms with Gasteiger partial charge in [-0.1, -0.05) is 18.2 Å². The van der Waals surface area contributed by atoms with Crippen LogP contribution in [0.2, 0.25) is 0 Å². The molecule has 0 spiro atoms. The molecule has 0 saturated heterocycles. The lowest BCUT2D eigenvalue weighted by atomic mass is 9.89. The molecule has 0 aliphatic heterocycles. The molecule has 0 amide bonds. The smallest absolute Gasteiger partial charge is 0.0266 e. The number of hydrogen-bond acceptors (Lipinski definition) is 1. The minimum atomic E-state index is 0.173. The van der Waals surface area contributed by atoms with E-state index in [1.807, 2.05) is 6.92 Å². The van der Waals surface area contributed by atoms with E-state index >= 15 is 0 Å². The molecule has 13 heavy (non-hydrogen) atoms. The van der Waals surface area contributed by atoms with Crippen LogP contribution < -0.4 is 5.73 Å². The summed E-state index contributed by atoms with van der Waals surface area (Å²) in [6.07, 6.45) is 5.20. The lowest BCUT2D eigenvalue weighted by Gasteiger charge is -2.17. The van der Waals surface area contributed by atoms with E-state index in [0.29, 0.717) is 0 Å². The summed E-state index contributed by atoms with van der Waals surface area (Å²) in [6, 6.07) is 6.90. The maximum atomic E-state index is 5.85. The molecule has 1 atom stereocenters. The van der Waals surface area contributed by atoms with Crippen LogP contribution in [0.5, 0.6) is 0 Å². The van der Waals surface area contributed by atoms with Crippen LogP contribution in [0.4, 0.5) is 0 Å². The van der Waals surface area contributed by atoms with Crippen molar-refractivity contribution in [1.29, 1.82) is 0 Å². The van der Waals surface area contributed by atoms with Crippen LogP contribution >= 0.6 is 0 Å². The molecule has 1 aromatic carbocycles. The van der Waals surface area contributed by atoms with Crippen molar-refractivity contribution in [3.63, 3.8) is 0 Å². The quantitative estimate of drug-likeness (QED) is 0.697. The predicted octanol–water partition coefficient (Wildman–Crippen LogP) is 2.59. The van der Waals surface area contributed by atoms with Crippen molar-refractivity contribution < 1.29 is 0 Å². The van der Waals surface area contributed by atoms with Gasteiger partial charge in [-0.2, -0.15) is 0 Å². The van der Waals surface area contributed by atoms with Crippen LogP contribution in [-0.2, 0) is 12.8 Å². The Morgan fingerprint density at radius 2 is 1.85 bits per heavy atom. The van der Waals surface area contributed by atoms with Crippen LogP contribution in [-0.4, -0.2) is 0 Å². The topological polar surface area (TPSA) is 26.0 Å². The van der Waals surface area contributed by atoms with Crippen molar-refractivity contribution >= 4 is 0 Å². The van der Waals surface area contributed by atoms with Crippen LogP contribution in [0.3, 0.4) is 0 Å². The monoisotopic (exact) mass is 175 g/mol. The second kappa shape index (κ2) is 3.51. The van der Waals surface area contributed by atoms with Gasteiger partial charge in [0.05, 0.1) is 0 Å². The Hall–Kier alpha value is -0.820. The first-order chi connectivity index (χ1) is 6.27. The molecule has 1 aromatic rings. The molecule has 0 radical (unpaired) electrons. The highest BCUT2D eigenvalue weighted by molar-refractivity contribution is 5.34. The van der Waals surface area contributed by atoms with Gasteiger partial charge in [0.2, 0.25) is 0 Å². The molecule has 0 aromatic heterocycles. The highest BCUT2D eigenvalue weighted by atomic mass is 14.6. The van der Waals surface area contributed by atoms with Crippen LogP contribution in [0, 0.1) is 0 Å². The first kappa shape index (κ1) is 8.76. The van der Waals surface area contributed by atoms with Gasteiger partial charge in [-0.3, -0.25) is 0 Å². The summed E-state index contributed by atoms with van der Waals surface area (Å²) < 4.78 is 0. The van der Waals surface area contributed by atoms with E-state index in [9.17, 15) is 0 Å². The van der Waals surface area contributed by atoms with Crippen molar-refractivity contribution in [3.8, 4) is 0 Å². The van der Waals surface area contributed by atoms with Gasteiger partial charge in [0.1, 0.15) is 0 Å². The zero-order valence-corrected chi connectivity index (χ0v) is 8.22. The Morgan fingerprint density at radius 3 is 2.54 bits per heavy atom. The fraction of sp³-hybridized carbons (Fsp3) is 0.500. The summed E-state index contributed by atoms with van der Waals surface area (Å²) in [4.78, 5) is 0. The van der Waals surface area contributed by atoms with Gasteiger partial charge in [0, 0.05) is 6.04 Å². The summed E-state index contributed by atoms with van der Waals surface area (Å²) >= 11 is 0. The molecule has 1 aliphatic rings. The zero-order chi connectivity index (χ0) is 9.26. The average Bonchev–Trinajstić information content (AvgIpc) is 2.17. The van der Waals surface area contributed by atoms with Crippen molar-refractivity contribution in [3.05, 3.63) is 34.9 Å². The predicted molar refractivity (Wildman–Crippen MR) is 55.7 cm³/mol. The van der Waals surface area contributed by atoms with E-state index < -0.39 is 0 Å². The standard InChI is InChI=1S/C12H17N/c1-9(13)11-7-6-10-4-2-3-5-12(10)8-11/h6-9H,2-5,13H2,1H3. The molecule has 2 N–H and O–H groups in total. The van der Waals surface area contributed by atoms with Gasteiger partial charge in [0.25, 0.3) is 0 Å². The van der Waals surface area contributed by atoms with Crippen molar-refractivity contribution in [2.45, 2.75) is 38.6 Å². The molecule has 0 bridgehead atoms. The molecular formula is C12H17N. The van der Waals surface area contributed by atoms with Crippen molar-refractivity contribution in [1.82, 2.24) is 0 Å². The minimum Gasteiger partial charge on any atom is -0.324 e. The molecule has 1 unspecified atom stereocenters. The number of rotatable bonds is 1. The maximum absolute atomic E-state index is 5.85. The van der Waals surface area contributed by atoms with E-state index in [1.165, 1.54) is 42.4 Å². The number of fused-ring (bicyclic) bond motifs is 1. The lowest BCUT2D eigenvalue weighted by molar-refractivity contribution is 0.681. The molecule has 0 saturated carbocycles. The Bertz CT molecular complexity index is 302. The lowest BCUT2D eigenvalue weighted by Crippen LogP contribution is -2.08. The van der Waals surface area contributed by atoms with E-state index in [-0.39, 0.29) is 6.04 Å². The Morgan fingerprint density at radius 1 is 1.15 bits per heavy atom. The molecule has 0 heterocycles. The van der Waals surface area contributed by atoms with Crippen molar-refractivity contribution in [2.24, 2.45) is 5.73 Å². The average molecular weight is 175 g/mol. The third kappa shape index (κ3) is 1.75. The Kier molecular flexibility index (Phi) is 2.36. The van der Waals surface area contributed by atoms with E-state index in [4.69, 9.17) is 5.73 Å². The molecule has 1 aliphatic carbocycles. The molecule has 2 rings (SSSR count). The molecule has 1 nitrogen and oxygen atoms in total. The summed E-state index contributed by atoms with van der Waals surface area (Å²) in [5.74, 6) is 0. The molecule has 1 heteroatoms. The number of nitrogens with two attached hydrogens (primary N) is 1. The van der Waals surface area contributed by atoms with Gasteiger partial charge in [-0.25, -0.2) is 0 Å². The number of hydrogen-bond donors (Lipinski definition) is 1. The first-order valence-electron chi connectivity index (χ1n) is 5.14. The summed E-state index contributed by atoms with van der Waals surface area (Å²) in [5.41, 5.74) is 10.2. The molecule has 0 fully saturated rings. The Labute approximate surface area is 80.0 Å². The van der Waals surface area contributed by atoms with E-state index in [0.717, 1.165) is 0 Å². The fourth-order valence-electron chi connectivity index (χ4n) is 2.04. The van der Waals surface area contributed by atoms with Crippen LogP contribution in [0.1, 0.15) is 42.5 Å². The number of benzene rings is 1. The van der Waals surface area contributed by atoms with E-state index in [1.54, 1.807) is 0 Å².